The van der Waals surface area contributed by atoms with E-state index in [-0.39, 0.29) is 23.8 Å². The van der Waals surface area contributed by atoms with Crippen molar-refractivity contribution in [2.24, 2.45) is 5.73 Å². The Hall–Kier alpha value is -3.98. The van der Waals surface area contributed by atoms with Gasteiger partial charge in [-0.1, -0.05) is 18.2 Å². The van der Waals surface area contributed by atoms with Crippen molar-refractivity contribution in [1.29, 1.82) is 0 Å². The van der Waals surface area contributed by atoms with Gasteiger partial charge in [-0.2, -0.15) is 0 Å². The quantitative estimate of drug-likeness (QED) is 0.434. The summed E-state index contributed by atoms with van der Waals surface area (Å²) in [7, 11) is 0. The van der Waals surface area contributed by atoms with Gasteiger partial charge in [0.1, 0.15) is 5.58 Å². The van der Waals surface area contributed by atoms with E-state index < -0.39 is 0 Å². The molecule has 0 aliphatic carbocycles. The van der Waals surface area contributed by atoms with Crippen LogP contribution in [-0.4, -0.2) is 57.8 Å². The molecule has 2 aliphatic heterocycles. The molecular weight excluding hydrogens is 432 g/mol. The Balaban J connectivity index is 1.35. The lowest BCUT2D eigenvalue weighted by Gasteiger charge is -2.43. The average Bonchev–Trinajstić information content (AvgIpc) is 3.53. The Morgan fingerprint density at radius 3 is 2.79 bits per heavy atom. The van der Waals surface area contributed by atoms with Crippen molar-refractivity contribution in [2.45, 2.75) is 18.3 Å². The first kappa shape index (κ1) is 20.6. The summed E-state index contributed by atoms with van der Waals surface area (Å²) in [5.74, 6) is 0.927. The maximum absolute atomic E-state index is 12.7. The van der Waals surface area contributed by atoms with Gasteiger partial charge in [-0.15, -0.1) is 0 Å². The fourth-order valence-electron chi connectivity index (χ4n) is 5.08. The molecule has 5 heterocycles. The van der Waals surface area contributed by atoms with Gasteiger partial charge in [0, 0.05) is 42.3 Å². The summed E-state index contributed by atoms with van der Waals surface area (Å²) in [4.78, 5) is 39.2. The van der Waals surface area contributed by atoms with Gasteiger partial charge < -0.3 is 25.4 Å². The summed E-state index contributed by atoms with van der Waals surface area (Å²) < 4.78 is 5.93. The maximum atomic E-state index is 12.7. The number of aromatic nitrogens is 3. The monoisotopic (exact) mass is 456 g/mol. The summed E-state index contributed by atoms with van der Waals surface area (Å²) in [5, 5.41) is 4.02. The first-order chi connectivity index (χ1) is 16.6. The molecular formula is C25H24N6O3. The molecule has 1 saturated heterocycles. The molecule has 0 atom stereocenters. The number of hydrogen-bond donors (Lipinski definition) is 3. The molecule has 1 fully saturated rings. The molecule has 172 valence electrons. The topological polar surface area (TPSA) is 130 Å². The minimum Gasteiger partial charge on any atom is -0.453 e. The third-order valence-electron chi connectivity index (χ3n) is 7.01. The highest BCUT2D eigenvalue weighted by Gasteiger charge is 2.44. The molecule has 3 aromatic heterocycles. The average molecular weight is 457 g/mol. The highest BCUT2D eigenvalue weighted by Crippen LogP contribution is 2.40. The SMILES string of the molecule is NCC(=O)N1CCC2(CC1)CNC(=O)c1cc(-c3ccnc(-c4cc5ccccc5o4)n3)[nH]c12. The largest absolute Gasteiger partial charge is 0.453 e. The van der Waals surface area contributed by atoms with Crippen LogP contribution in [0.15, 0.2) is 53.1 Å². The van der Waals surface area contributed by atoms with Gasteiger partial charge >= 0.3 is 0 Å². The molecule has 0 bridgehead atoms. The van der Waals surface area contributed by atoms with E-state index in [1.165, 1.54) is 0 Å². The fraction of sp³-hybridized carbons (Fsp3) is 0.280. The standard InChI is InChI=1S/C25H24N6O3/c26-13-21(32)31-9-6-25(7-10-31)14-28-24(33)16-12-18(29-22(16)25)17-5-8-27-23(30-17)20-11-15-3-1-2-4-19(15)34-20/h1-5,8,11-12,29H,6-7,9-10,13-14,26H2,(H,28,33). The summed E-state index contributed by atoms with van der Waals surface area (Å²) in [6, 6.07) is 13.4. The number of aromatic amines is 1. The second-order valence-corrected chi connectivity index (χ2v) is 8.93. The van der Waals surface area contributed by atoms with Crippen molar-refractivity contribution in [3.05, 3.63) is 59.9 Å². The fourth-order valence-corrected chi connectivity index (χ4v) is 5.08. The van der Waals surface area contributed by atoms with E-state index in [1.807, 2.05) is 42.5 Å². The number of piperidine rings is 1. The summed E-state index contributed by atoms with van der Waals surface area (Å²) in [6.07, 6.45) is 3.19. The number of benzene rings is 1. The van der Waals surface area contributed by atoms with E-state index in [2.05, 4.69) is 15.3 Å². The number of furan rings is 1. The molecule has 0 radical (unpaired) electrons. The molecule has 6 rings (SSSR count). The van der Waals surface area contributed by atoms with Gasteiger partial charge in [0.2, 0.25) is 5.91 Å². The number of carbonyl (C=O) groups excluding carboxylic acids is 2. The summed E-state index contributed by atoms with van der Waals surface area (Å²) >= 11 is 0. The third kappa shape index (κ3) is 3.28. The zero-order chi connectivity index (χ0) is 23.3. The second-order valence-electron chi connectivity index (χ2n) is 8.93. The number of nitrogens with zero attached hydrogens (tertiary/aromatic N) is 3. The van der Waals surface area contributed by atoms with Crippen molar-refractivity contribution >= 4 is 22.8 Å². The lowest BCUT2D eigenvalue weighted by molar-refractivity contribution is -0.131. The van der Waals surface area contributed by atoms with Crippen LogP contribution in [0.1, 0.15) is 28.9 Å². The Kier molecular flexibility index (Phi) is 4.73. The van der Waals surface area contributed by atoms with E-state index in [9.17, 15) is 9.59 Å². The summed E-state index contributed by atoms with van der Waals surface area (Å²) in [5.41, 5.74) is 9.04. The highest BCUT2D eigenvalue weighted by atomic mass is 16.3. The van der Waals surface area contributed by atoms with Crippen molar-refractivity contribution in [2.75, 3.05) is 26.2 Å². The van der Waals surface area contributed by atoms with Gasteiger partial charge in [0.25, 0.3) is 5.91 Å². The number of nitrogens with two attached hydrogens (primary N) is 1. The minimum atomic E-state index is -0.249. The number of para-hydroxylation sites is 1. The molecule has 4 aromatic rings. The molecule has 1 aromatic carbocycles. The molecule has 9 heteroatoms. The molecule has 0 saturated carbocycles. The zero-order valence-electron chi connectivity index (χ0n) is 18.5. The van der Waals surface area contributed by atoms with Crippen LogP contribution in [0.2, 0.25) is 0 Å². The maximum Gasteiger partial charge on any atom is 0.253 e. The smallest absolute Gasteiger partial charge is 0.253 e. The minimum absolute atomic E-state index is 0.0168. The number of rotatable bonds is 3. The second kappa shape index (κ2) is 7.81. The van der Waals surface area contributed by atoms with Gasteiger partial charge in [0.15, 0.2) is 11.6 Å². The van der Waals surface area contributed by atoms with Gasteiger partial charge in [-0.05, 0) is 37.1 Å². The van der Waals surface area contributed by atoms with Crippen LogP contribution in [0.4, 0.5) is 0 Å². The van der Waals surface area contributed by atoms with Crippen LogP contribution >= 0.6 is 0 Å². The first-order valence-corrected chi connectivity index (χ1v) is 11.4. The predicted molar refractivity (Wildman–Crippen MR) is 126 cm³/mol. The number of hydrogen-bond acceptors (Lipinski definition) is 6. The molecule has 0 unspecified atom stereocenters. The van der Waals surface area contributed by atoms with Crippen LogP contribution in [0.5, 0.6) is 0 Å². The Morgan fingerprint density at radius 2 is 2.00 bits per heavy atom. The Bertz CT molecular complexity index is 1380. The summed E-state index contributed by atoms with van der Waals surface area (Å²) in [6.45, 7) is 1.78. The van der Waals surface area contributed by atoms with Crippen molar-refractivity contribution in [3.63, 3.8) is 0 Å². The number of nitrogens with one attached hydrogen (secondary N) is 2. The van der Waals surface area contributed by atoms with E-state index in [0.29, 0.717) is 42.5 Å². The number of fused-ring (bicyclic) bond motifs is 3. The first-order valence-electron chi connectivity index (χ1n) is 11.4. The van der Waals surface area contributed by atoms with Crippen LogP contribution in [0, 0.1) is 0 Å². The van der Waals surface area contributed by atoms with Crippen molar-refractivity contribution in [1.82, 2.24) is 25.2 Å². The Morgan fingerprint density at radius 1 is 1.18 bits per heavy atom. The predicted octanol–water partition coefficient (Wildman–Crippen LogP) is 2.45. The van der Waals surface area contributed by atoms with Crippen LogP contribution < -0.4 is 11.1 Å². The molecule has 2 amide bonds. The van der Waals surface area contributed by atoms with E-state index in [1.54, 1.807) is 11.1 Å². The molecule has 9 nitrogen and oxygen atoms in total. The molecule has 4 N–H and O–H groups in total. The zero-order valence-corrected chi connectivity index (χ0v) is 18.5. The van der Waals surface area contributed by atoms with E-state index in [4.69, 9.17) is 15.1 Å². The van der Waals surface area contributed by atoms with Gasteiger partial charge in [-0.25, -0.2) is 9.97 Å². The normalized spacial score (nSPS) is 17.1. The number of carbonyl (C=O) groups is 2. The number of amides is 2. The lowest BCUT2D eigenvalue weighted by Crippen LogP contribution is -2.54. The van der Waals surface area contributed by atoms with Crippen molar-refractivity contribution in [3.8, 4) is 23.0 Å². The molecule has 1 spiro atoms. The van der Waals surface area contributed by atoms with E-state index >= 15 is 0 Å². The number of likely N-dealkylation sites (tertiary alicyclic amines) is 1. The van der Waals surface area contributed by atoms with Crippen LogP contribution in [-0.2, 0) is 10.2 Å². The van der Waals surface area contributed by atoms with Gasteiger partial charge in [-0.3, -0.25) is 9.59 Å². The van der Waals surface area contributed by atoms with Crippen LogP contribution in [0.25, 0.3) is 33.9 Å². The van der Waals surface area contributed by atoms with Crippen molar-refractivity contribution < 1.29 is 14.0 Å². The third-order valence-corrected chi connectivity index (χ3v) is 7.01. The van der Waals surface area contributed by atoms with Crippen LogP contribution in [0.3, 0.4) is 0 Å². The molecule has 34 heavy (non-hydrogen) atoms. The van der Waals surface area contributed by atoms with Gasteiger partial charge in [0.05, 0.1) is 23.5 Å². The number of H-pyrrole nitrogens is 1. The highest BCUT2D eigenvalue weighted by molar-refractivity contribution is 5.98. The molecule has 2 aliphatic rings. The lowest BCUT2D eigenvalue weighted by atomic mass is 9.72. The Labute approximate surface area is 195 Å². The van der Waals surface area contributed by atoms with E-state index in [0.717, 1.165) is 35.2 Å².